The van der Waals surface area contributed by atoms with Gasteiger partial charge in [0.05, 0.1) is 49.1 Å². The SMILES string of the molecule is COc1ccc(N2C(=O)N(c3c(Cl)ccnc3CF)Cc3cnc(Nc4ccc(C5CCN(C)CC5)cc4OC)nc32)nc1. The molecule has 0 aliphatic carbocycles. The van der Waals surface area contributed by atoms with Crippen molar-refractivity contribution < 1.29 is 18.7 Å². The van der Waals surface area contributed by atoms with Crippen molar-refractivity contribution in [2.45, 2.75) is 32.0 Å². The van der Waals surface area contributed by atoms with Gasteiger partial charge < -0.3 is 19.7 Å². The maximum atomic E-state index is 14.1. The molecule has 11 nitrogen and oxygen atoms in total. The lowest BCUT2D eigenvalue weighted by Crippen LogP contribution is -2.46. The van der Waals surface area contributed by atoms with Crippen LogP contribution in [0, 0.1) is 0 Å². The normalized spacial score (nSPS) is 15.7. The Morgan fingerprint density at radius 1 is 1.05 bits per heavy atom. The topological polar surface area (TPSA) is 109 Å². The van der Waals surface area contributed by atoms with Crippen molar-refractivity contribution in [2.75, 3.05) is 49.5 Å². The molecule has 0 bridgehead atoms. The summed E-state index contributed by atoms with van der Waals surface area (Å²) >= 11 is 6.47. The summed E-state index contributed by atoms with van der Waals surface area (Å²) in [4.78, 5) is 37.0. The first-order valence-electron chi connectivity index (χ1n) is 14.2. The van der Waals surface area contributed by atoms with Crippen molar-refractivity contribution in [3.63, 3.8) is 0 Å². The van der Waals surface area contributed by atoms with Crippen LogP contribution in [-0.4, -0.2) is 65.2 Å². The lowest BCUT2D eigenvalue weighted by Gasteiger charge is -2.36. The van der Waals surface area contributed by atoms with E-state index in [0.717, 1.165) is 25.9 Å². The highest BCUT2D eigenvalue weighted by molar-refractivity contribution is 6.34. The molecule has 0 radical (unpaired) electrons. The fraction of sp³-hybridized carbons (Fsp3) is 0.323. The van der Waals surface area contributed by atoms with Crippen LogP contribution < -0.4 is 24.6 Å². The van der Waals surface area contributed by atoms with E-state index >= 15 is 0 Å². The van der Waals surface area contributed by atoms with Crippen LogP contribution in [0.5, 0.6) is 11.5 Å². The largest absolute Gasteiger partial charge is 0.495 e. The van der Waals surface area contributed by atoms with Crippen LogP contribution >= 0.6 is 11.6 Å². The number of carbonyl (C=O) groups excluding carboxylic acids is 1. The Kier molecular flexibility index (Phi) is 8.45. The number of halogens is 2. The van der Waals surface area contributed by atoms with E-state index in [1.54, 1.807) is 25.4 Å². The molecule has 1 fully saturated rings. The molecule has 1 saturated heterocycles. The highest BCUT2D eigenvalue weighted by atomic mass is 35.5. The number of nitrogens with zero attached hydrogens (tertiary/aromatic N) is 7. The van der Waals surface area contributed by atoms with Crippen molar-refractivity contribution in [1.29, 1.82) is 0 Å². The molecule has 13 heteroatoms. The fourth-order valence-electron chi connectivity index (χ4n) is 5.60. The molecule has 44 heavy (non-hydrogen) atoms. The number of ether oxygens (including phenoxy) is 2. The van der Waals surface area contributed by atoms with Crippen LogP contribution in [0.3, 0.4) is 0 Å². The quantitative estimate of drug-likeness (QED) is 0.245. The Hall–Kier alpha value is -4.55. The summed E-state index contributed by atoms with van der Waals surface area (Å²) in [5, 5.41) is 3.45. The third-order valence-electron chi connectivity index (χ3n) is 8.00. The first-order chi connectivity index (χ1) is 21.4. The molecule has 228 valence electrons. The fourth-order valence-corrected chi connectivity index (χ4v) is 5.87. The van der Waals surface area contributed by atoms with Gasteiger partial charge in [0.2, 0.25) is 5.95 Å². The van der Waals surface area contributed by atoms with Gasteiger partial charge in [-0.25, -0.2) is 24.1 Å². The second-order valence-electron chi connectivity index (χ2n) is 10.7. The molecule has 6 rings (SSSR count). The maximum Gasteiger partial charge on any atom is 0.336 e. The highest BCUT2D eigenvalue weighted by Gasteiger charge is 2.37. The van der Waals surface area contributed by atoms with E-state index in [4.69, 9.17) is 26.1 Å². The number of aromatic nitrogens is 4. The van der Waals surface area contributed by atoms with E-state index in [9.17, 15) is 9.18 Å². The van der Waals surface area contributed by atoms with Gasteiger partial charge in [-0.2, -0.15) is 4.98 Å². The van der Waals surface area contributed by atoms with Gasteiger partial charge in [-0.3, -0.25) is 9.88 Å². The van der Waals surface area contributed by atoms with Gasteiger partial charge >= 0.3 is 6.03 Å². The number of pyridine rings is 2. The van der Waals surface area contributed by atoms with Gasteiger partial charge in [-0.15, -0.1) is 0 Å². The predicted molar refractivity (Wildman–Crippen MR) is 166 cm³/mol. The monoisotopic (exact) mass is 618 g/mol. The van der Waals surface area contributed by atoms with Crippen molar-refractivity contribution in [1.82, 2.24) is 24.8 Å². The van der Waals surface area contributed by atoms with Crippen molar-refractivity contribution in [3.8, 4) is 11.5 Å². The molecule has 2 aliphatic rings. The minimum Gasteiger partial charge on any atom is -0.495 e. The minimum absolute atomic E-state index is 0.0481. The van der Waals surface area contributed by atoms with Gasteiger partial charge in [-0.05, 0) is 74.8 Å². The van der Waals surface area contributed by atoms with Crippen LogP contribution in [-0.2, 0) is 13.2 Å². The van der Waals surface area contributed by atoms with Crippen molar-refractivity contribution >= 4 is 46.6 Å². The third kappa shape index (κ3) is 5.70. The van der Waals surface area contributed by atoms with Crippen LogP contribution in [0.4, 0.5) is 38.1 Å². The Morgan fingerprint density at radius 3 is 2.57 bits per heavy atom. The van der Waals surface area contributed by atoms with Gasteiger partial charge in [0.1, 0.15) is 24.0 Å². The van der Waals surface area contributed by atoms with Crippen LogP contribution in [0.2, 0.25) is 5.02 Å². The van der Waals surface area contributed by atoms with Gasteiger partial charge in [-0.1, -0.05) is 17.7 Å². The number of alkyl halides is 1. The standard InChI is InChI=1S/C31H32ClFN8O3/c1-39-12-9-19(10-13-39)20-4-6-24(26(14-20)44-3)37-30-36-16-21-18-40(28-23(32)8-11-34-25(28)15-33)31(42)41(29(21)38-30)27-7-5-22(43-2)17-35-27/h4-8,11,14,16-17,19H,9-10,12-13,15,18H2,1-3H3,(H,36,37,38). The summed E-state index contributed by atoms with van der Waals surface area (Å²) in [5.41, 5.74) is 2.75. The number of hydrogen-bond donors (Lipinski definition) is 1. The maximum absolute atomic E-state index is 14.1. The smallest absolute Gasteiger partial charge is 0.336 e. The molecule has 5 heterocycles. The predicted octanol–water partition coefficient (Wildman–Crippen LogP) is 6.24. The molecule has 2 aliphatic heterocycles. The van der Waals surface area contributed by atoms with Crippen LogP contribution in [0.1, 0.15) is 35.6 Å². The molecule has 0 atom stereocenters. The Labute approximate surface area is 259 Å². The highest BCUT2D eigenvalue weighted by Crippen LogP contribution is 2.40. The average Bonchev–Trinajstić information content (AvgIpc) is 3.05. The number of benzene rings is 1. The molecule has 2 amide bonds. The van der Waals surface area contributed by atoms with Crippen LogP contribution in [0.25, 0.3) is 0 Å². The first-order valence-corrected chi connectivity index (χ1v) is 14.6. The molecular formula is C31H32ClFN8O3. The van der Waals surface area contributed by atoms with Gasteiger partial charge in [0, 0.05) is 18.0 Å². The summed E-state index contributed by atoms with van der Waals surface area (Å²) in [7, 11) is 5.31. The van der Waals surface area contributed by atoms with E-state index in [1.165, 1.54) is 40.9 Å². The summed E-state index contributed by atoms with van der Waals surface area (Å²) < 4.78 is 25.0. The number of carbonyl (C=O) groups is 1. The first kappa shape index (κ1) is 29.5. The lowest BCUT2D eigenvalue weighted by molar-refractivity contribution is 0.252. The zero-order chi connectivity index (χ0) is 30.8. The Balaban J connectivity index is 1.36. The van der Waals surface area contributed by atoms with E-state index < -0.39 is 12.7 Å². The number of likely N-dealkylation sites (tertiary alicyclic amines) is 1. The molecule has 0 unspecified atom stereocenters. The zero-order valence-corrected chi connectivity index (χ0v) is 25.4. The second-order valence-corrected chi connectivity index (χ2v) is 11.1. The van der Waals surface area contributed by atoms with E-state index in [1.807, 2.05) is 6.07 Å². The van der Waals surface area contributed by atoms with Crippen molar-refractivity contribution in [2.24, 2.45) is 0 Å². The number of anilines is 5. The zero-order valence-electron chi connectivity index (χ0n) is 24.6. The second kappa shape index (κ2) is 12.6. The molecule has 0 spiro atoms. The van der Waals surface area contributed by atoms with E-state index in [-0.39, 0.29) is 34.7 Å². The minimum atomic E-state index is -0.898. The number of rotatable bonds is 8. The number of methoxy groups -OCH3 is 2. The Morgan fingerprint density at radius 2 is 1.86 bits per heavy atom. The molecule has 3 aromatic heterocycles. The summed E-state index contributed by atoms with van der Waals surface area (Å²) in [6.07, 6.45) is 6.72. The van der Waals surface area contributed by atoms with Gasteiger partial charge in [0.15, 0.2) is 5.82 Å². The molecular weight excluding hydrogens is 587 g/mol. The van der Waals surface area contributed by atoms with Crippen molar-refractivity contribution in [3.05, 3.63) is 76.8 Å². The van der Waals surface area contributed by atoms with Gasteiger partial charge in [0.25, 0.3) is 0 Å². The molecule has 1 aromatic carbocycles. The lowest BCUT2D eigenvalue weighted by atomic mass is 9.89. The number of fused-ring (bicyclic) bond motifs is 1. The average molecular weight is 619 g/mol. The molecule has 0 saturated carbocycles. The number of hydrogen-bond acceptors (Lipinski definition) is 9. The summed E-state index contributed by atoms with van der Waals surface area (Å²) in [6, 6.07) is 10.5. The summed E-state index contributed by atoms with van der Waals surface area (Å²) in [6.45, 7) is 1.28. The van der Waals surface area contributed by atoms with E-state index in [2.05, 4.69) is 44.3 Å². The summed E-state index contributed by atoms with van der Waals surface area (Å²) in [5.74, 6) is 2.53. The third-order valence-corrected chi connectivity index (χ3v) is 8.30. The van der Waals surface area contributed by atoms with E-state index in [0.29, 0.717) is 34.5 Å². The Bertz CT molecular complexity index is 1670. The number of amides is 2. The van der Waals surface area contributed by atoms with Crippen LogP contribution in [0.15, 0.2) is 55.0 Å². The molecule has 4 aromatic rings. The number of piperidine rings is 1. The molecule has 1 N–H and O–H groups in total. The number of urea groups is 1. The number of nitrogens with one attached hydrogen (secondary N) is 1.